The van der Waals surface area contributed by atoms with Crippen LogP contribution in [0.4, 0.5) is 13.2 Å². The highest BCUT2D eigenvalue weighted by molar-refractivity contribution is 5.87. The van der Waals surface area contributed by atoms with Crippen LogP contribution in [0.5, 0.6) is 11.5 Å². The van der Waals surface area contributed by atoms with E-state index in [4.69, 9.17) is 4.74 Å². The molecule has 2 aromatic carbocycles. The number of hydrogen-bond acceptors (Lipinski definition) is 5. The molecule has 34 heavy (non-hydrogen) atoms. The van der Waals surface area contributed by atoms with Crippen molar-refractivity contribution in [1.82, 2.24) is 5.32 Å². The normalized spacial score (nSPS) is 11.2. The van der Waals surface area contributed by atoms with Crippen molar-refractivity contribution < 1.29 is 37.7 Å². The molecule has 0 aliphatic carbocycles. The van der Waals surface area contributed by atoms with Crippen LogP contribution in [0.15, 0.2) is 43.0 Å². The molecule has 6 nitrogen and oxygen atoms in total. The number of carbonyl (C=O) groups is 1. The van der Waals surface area contributed by atoms with Gasteiger partial charge in [0.15, 0.2) is 0 Å². The first-order valence-electron chi connectivity index (χ1n) is 10.4. The molecule has 1 atom stereocenters. The Kier molecular flexibility index (Phi) is 11.2. The molecule has 0 fully saturated rings. The van der Waals surface area contributed by atoms with Crippen LogP contribution < -0.4 is 14.8 Å². The molecule has 0 radical (unpaired) electrons. The Morgan fingerprint density at radius 2 is 1.88 bits per heavy atom. The van der Waals surface area contributed by atoms with E-state index < -0.39 is 25.0 Å². The van der Waals surface area contributed by atoms with Gasteiger partial charge < -0.3 is 25.0 Å². The van der Waals surface area contributed by atoms with Gasteiger partial charge in [-0.3, -0.25) is 4.79 Å². The standard InChI is InChI=1S/C23H22F3NO5.C2H6/c1-4-10-31-22-14(3)18(15-6-8-17(9-7-15)32-23(24,25)26)11-16(12-27-20(30)5-2)21(22)19(29)13-28;1-2/h5-9,11,19,28-29H,2,12-13H2,1,3H3,(H,27,30);1-2H3. The van der Waals surface area contributed by atoms with Crippen LogP contribution in [0.25, 0.3) is 11.1 Å². The van der Waals surface area contributed by atoms with Crippen molar-refractivity contribution in [2.75, 3.05) is 6.61 Å². The fraction of sp³-hybridized carbons (Fsp3) is 0.320. The Balaban J connectivity index is 0.00000281. The van der Waals surface area contributed by atoms with Crippen molar-refractivity contribution in [3.05, 3.63) is 59.7 Å². The van der Waals surface area contributed by atoms with E-state index in [0.29, 0.717) is 22.3 Å². The maximum atomic E-state index is 12.4. The topological polar surface area (TPSA) is 88.0 Å². The van der Waals surface area contributed by atoms with E-state index in [2.05, 4.69) is 28.7 Å². The Labute approximate surface area is 197 Å². The van der Waals surface area contributed by atoms with Crippen molar-refractivity contribution in [2.45, 2.75) is 46.7 Å². The number of aliphatic hydroxyl groups is 2. The predicted octanol–water partition coefficient (Wildman–Crippen LogP) is 4.77. The number of aliphatic hydroxyl groups excluding tert-OH is 2. The first-order chi connectivity index (χ1) is 16.1. The van der Waals surface area contributed by atoms with Crippen LogP contribution in [-0.4, -0.2) is 29.1 Å². The summed E-state index contributed by atoms with van der Waals surface area (Å²) in [6.45, 7) is 9.97. The summed E-state index contributed by atoms with van der Waals surface area (Å²) >= 11 is 0. The van der Waals surface area contributed by atoms with E-state index in [0.717, 1.165) is 6.08 Å². The monoisotopic (exact) mass is 479 g/mol. The minimum absolute atomic E-state index is 0.0320. The molecule has 9 heteroatoms. The van der Waals surface area contributed by atoms with Crippen molar-refractivity contribution in [3.8, 4) is 34.7 Å². The lowest BCUT2D eigenvalue weighted by Crippen LogP contribution is -2.22. The summed E-state index contributed by atoms with van der Waals surface area (Å²) in [4.78, 5) is 11.7. The molecule has 0 saturated carbocycles. The van der Waals surface area contributed by atoms with Gasteiger partial charge in [0.05, 0.1) is 6.61 Å². The molecule has 2 rings (SSSR count). The first-order valence-corrected chi connectivity index (χ1v) is 10.4. The fourth-order valence-corrected chi connectivity index (χ4v) is 3.06. The van der Waals surface area contributed by atoms with Crippen LogP contribution in [0.1, 0.15) is 43.6 Å². The van der Waals surface area contributed by atoms with Crippen molar-refractivity contribution >= 4 is 5.91 Å². The van der Waals surface area contributed by atoms with Gasteiger partial charge in [-0.1, -0.05) is 38.5 Å². The van der Waals surface area contributed by atoms with Crippen molar-refractivity contribution in [1.29, 1.82) is 0 Å². The van der Waals surface area contributed by atoms with E-state index in [1.165, 1.54) is 24.3 Å². The average molecular weight is 479 g/mol. The van der Waals surface area contributed by atoms with Gasteiger partial charge in [0.1, 0.15) is 23.7 Å². The van der Waals surface area contributed by atoms with Gasteiger partial charge in [-0.25, -0.2) is 0 Å². The molecule has 0 aliphatic rings. The lowest BCUT2D eigenvalue weighted by molar-refractivity contribution is -0.274. The lowest BCUT2D eigenvalue weighted by Gasteiger charge is -2.22. The number of carbonyl (C=O) groups excluding carboxylic acids is 1. The molecule has 3 N–H and O–H groups in total. The van der Waals surface area contributed by atoms with E-state index in [1.54, 1.807) is 19.9 Å². The summed E-state index contributed by atoms with van der Waals surface area (Å²) in [6, 6.07) is 6.87. The van der Waals surface area contributed by atoms with Gasteiger partial charge in [0, 0.05) is 24.6 Å². The van der Waals surface area contributed by atoms with Gasteiger partial charge in [0.2, 0.25) is 5.91 Å². The third kappa shape index (κ3) is 7.83. The minimum atomic E-state index is -4.81. The maximum Gasteiger partial charge on any atom is 0.573 e. The second-order valence-electron chi connectivity index (χ2n) is 6.60. The number of alkyl halides is 3. The molecular formula is C25H28F3NO5. The van der Waals surface area contributed by atoms with Gasteiger partial charge in [0.25, 0.3) is 0 Å². The predicted molar refractivity (Wildman–Crippen MR) is 123 cm³/mol. The van der Waals surface area contributed by atoms with Gasteiger partial charge >= 0.3 is 6.36 Å². The zero-order chi connectivity index (χ0) is 25.9. The molecule has 0 aliphatic heterocycles. The highest BCUT2D eigenvalue weighted by Crippen LogP contribution is 2.39. The van der Waals surface area contributed by atoms with Crippen LogP contribution >= 0.6 is 0 Å². The molecule has 184 valence electrons. The Bertz CT molecular complexity index is 1040. The third-order valence-corrected chi connectivity index (χ3v) is 4.45. The zero-order valence-corrected chi connectivity index (χ0v) is 19.4. The Morgan fingerprint density at radius 3 is 2.38 bits per heavy atom. The quantitative estimate of drug-likeness (QED) is 0.375. The summed E-state index contributed by atoms with van der Waals surface area (Å²) in [5.74, 6) is 1.92. The summed E-state index contributed by atoms with van der Waals surface area (Å²) in [7, 11) is 0. The number of hydrogen-bond donors (Lipinski definition) is 3. The SMILES string of the molecule is C=CC(=O)NCc1cc(-c2ccc(OC(F)(F)F)cc2)c(C)c(OC#CC)c1C(O)CO.CC. The average Bonchev–Trinajstić information content (AvgIpc) is 2.82. The van der Waals surface area contributed by atoms with Gasteiger partial charge in [-0.15, -0.1) is 13.2 Å². The fourth-order valence-electron chi connectivity index (χ4n) is 3.06. The summed E-state index contributed by atoms with van der Waals surface area (Å²) in [5, 5.41) is 22.5. The summed E-state index contributed by atoms with van der Waals surface area (Å²) in [5.41, 5.74) is 2.28. The molecule has 0 aromatic heterocycles. The summed E-state index contributed by atoms with van der Waals surface area (Å²) < 4.78 is 46.8. The van der Waals surface area contributed by atoms with Crippen LogP contribution in [-0.2, 0) is 11.3 Å². The first kappa shape index (κ1) is 28.6. The van der Waals surface area contributed by atoms with Crippen LogP contribution in [0.3, 0.4) is 0 Å². The Hall–Kier alpha value is -3.48. The van der Waals surface area contributed by atoms with Crippen molar-refractivity contribution in [2.24, 2.45) is 0 Å². The molecule has 0 saturated heterocycles. The highest BCUT2D eigenvalue weighted by atomic mass is 19.4. The number of nitrogens with one attached hydrogen (secondary N) is 1. The highest BCUT2D eigenvalue weighted by Gasteiger charge is 2.31. The second kappa shape index (κ2) is 13.3. The number of ether oxygens (including phenoxy) is 2. The van der Waals surface area contributed by atoms with E-state index in [-0.39, 0.29) is 23.6 Å². The molecule has 1 amide bonds. The third-order valence-electron chi connectivity index (χ3n) is 4.45. The lowest BCUT2D eigenvalue weighted by atomic mass is 9.90. The molecular weight excluding hydrogens is 451 g/mol. The van der Waals surface area contributed by atoms with Gasteiger partial charge in [-0.2, -0.15) is 0 Å². The molecule has 0 bridgehead atoms. The molecule has 0 spiro atoms. The van der Waals surface area contributed by atoms with E-state index >= 15 is 0 Å². The molecule has 1 unspecified atom stereocenters. The summed E-state index contributed by atoms with van der Waals surface area (Å²) in [6.07, 6.45) is -2.60. The number of amides is 1. The van der Waals surface area contributed by atoms with E-state index in [9.17, 15) is 28.2 Å². The zero-order valence-electron chi connectivity index (χ0n) is 19.4. The van der Waals surface area contributed by atoms with Crippen molar-refractivity contribution in [3.63, 3.8) is 0 Å². The molecule has 2 aromatic rings. The second-order valence-corrected chi connectivity index (χ2v) is 6.60. The smallest absolute Gasteiger partial charge is 0.407 e. The minimum Gasteiger partial charge on any atom is -0.407 e. The number of halogens is 3. The van der Waals surface area contributed by atoms with E-state index in [1.807, 2.05) is 13.8 Å². The number of benzene rings is 2. The van der Waals surface area contributed by atoms with Crippen LogP contribution in [0, 0.1) is 19.0 Å². The Morgan fingerprint density at radius 1 is 1.26 bits per heavy atom. The maximum absolute atomic E-state index is 12.4. The largest absolute Gasteiger partial charge is 0.573 e. The number of rotatable bonds is 8. The molecule has 0 heterocycles. The van der Waals surface area contributed by atoms with Gasteiger partial charge in [-0.05, 0) is 47.9 Å². The van der Waals surface area contributed by atoms with Crippen LogP contribution in [0.2, 0.25) is 0 Å².